The third-order valence-corrected chi connectivity index (χ3v) is 7.82. The molecule has 1 aliphatic carbocycles. The SMILES string of the molecule is C#CCn1cc(-c2cnc(C(=O)Nc3ccc(C(=O)N4CCN(C(=O)NC5CC(N)C5)CC4)c(C)c3)n2C)c(C(F)(F)F)n1. The number of rotatable bonds is 6. The van der Waals surface area contributed by atoms with E-state index in [9.17, 15) is 27.6 Å². The topological polar surface area (TPSA) is 143 Å². The Morgan fingerprint density at radius 1 is 1.14 bits per heavy atom. The number of anilines is 1. The van der Waals surface area contributed by atoms with E-state index in [-0.39, 0.29) is 47.6 Å². The molecule has 0 spiro atoms. The second kappa shape index (κ2) is 12.0. The number of alkyl halides is 3. The molecule has 2 aliphatic rings. The van der Waals surface area contributed by atoms with Crippen LogP contribution in [-0.4, -0.2) is 85.2 Å². The molecule has 2 fully saturated rings. The van der Waals surface area contributed by atoms with Crippen LogP contribution in [0.4, 0.5) is 23.7 Å². The maximum atomic E-state index is 13.6. The number of benzene rings is 1. The number of nitrogens with one attached hydrogen (secondary N) is 2. The molecule has 0 atom stereocenters. The Bertz CT molecular complexity index is 1620. The molecule has 4 amide bonds. The van der Waals surface area contributed by atoms with Crippen molar-refractivity contribution in [2.45, 2.75) is 44.6 Å². The summed E-state index contributed by atoms with van der Waals surface area (Å²) in [6, 6.07) is 4.90. The summed E-state index contributed by atoms with van der Waals surface area (Å²) in [5, 5.41) is 9.22. The molecule has 44 heavy (non-hydrogen) atoms. The van der Waals surface area contributed by atoms with Gasteiger partial charge in [-0.3, -0.25) is 14.3 Å². The highest BCUT2D eigenvalue weighted by molar-refractivity contribution is 6.03. The van der Waals surface area contributed by atoms with Gasteiger partial charge in [-0.2, -0.15) is 18.3 Å². The second-order valence-corrected chi connectivity index (χ2v) is 11.0. The number of hydrogen-bond acceptors (Lipinski definition) is 6. The molecule has 12 nitrogen and oxygen atoms in total. The van der Waals surface area contributed by atoms with Crippen LogP contribution in [0.25, 0.3) is 11.3 Å². The van der Waals surface area contributed by atoms with E-state index < -0.39 is 17.8 Å². The minimum Gasteiger partial charge on any atom is -0.335 e. The fraction of sp³-hybridized carbons (Fsp3) is 0.414. The van der Waals surface area contributed by atoms with Gasteiger partial charge < -0.3 is 30.7 Å². The number of imidazole rings is 1. The fourth-order valence-corrected chi connectivity index (χ4v) is 5.36. The summed E-state index contributed by atoms with van der Waals surface area (Å²) in [7, 11) is 1.43. The summed E-state index contributed by atoms with van der Waals surface area (Å²) in [4.78, 5) is 46.2. The zero-order chi connectivity index (χ0) is 31.8. The van der Waals surface area contributed by atoms with E-state index in [2.05, 4.69) is 26.6 Å². The summed E-state index contributed by atoms with van der Waals surface area (Å²) < 4.78 is 43.2. The van der Waals surface area contributed by atoms with Gasteiger partial charge >= 0.3 is 12.2 Å². The van der Waals surface area contributed by atoms with Crippen LogP contribution in [0.15, 0.2) is 30.6 Å². The fourth-order valence-electron chi connectivity index (χ4n) is 5.36. The summed E-state index contributed by atoms with van der Waals surface area (Å²) in [6.45, 7) is 3.16. The van der Waals surface area contributed by atoms with Crippen LogP contribution in [0.3, 0.4) is 0 Å². The molecule has 1 saturated carbocycles. The molecule has 3 heterocycles. The van der Waals surface area contributed by atoms with Crippen molar-refractivity contribution in [3.8, 4) is 23.6 Å². The first-order valence-corrected chi connectivity index (χ1v) is 14.0. The van der Waals surface area contributed by atoms with E-state index in [1.54, 1.807) is 34.9 Å². The first kappa shape index (κ1) is 30.6. The van der Waals surface area contributed by atoms with Crippen LogP contribution in [0.2, 0.25) is 0 Å². The zero-order valence-electron chi connectivity index (χ0n) is 24.2. The van der Waals surface area contributed by atoms with Crippen LogP contribution in [0.1, 0.15) is 45.1 Å². The van der Waals surface area contributed by atoms with Gasteiger partial charge in [-0.15, -0.1) is 6.42 Å². The Morgan fingerprint density at radius 2 is 1.82 bits per heavy atom. The van der Waals surface area contributed by atoms with Crippen molar-refractivity contribution in [2.24, 2.45) is 12.8 Å². The average molecular weight is 612 g/mol. The van der Waals surface area contributed by atoms with Gasteiger partial charge in [0, 0.05) is 62.8 Å². The number of amides is 4. The molecule has 1 aliphatic heterocycles. The number of nitrogens with zero attached hydrogens (tertiary/aromatic N) is 6. The third kappa shape index (κ3) is 6.25. The number of piperazine rings is 1. The van der Waals surface area contributed by atoms with Gasteiger partial charge in [0.05, 0.1) is 17.5 Å². The molecular weight excluding hydrogens is 579 g/mol. The van der Waals surface area contributed by atoms with Crippen molar-refractivity contribution < 1.29 is 27.6 Å². The second-order valence-electron chi connectivity index (χ2n) is 11.0. The molecule has 2 aromatic heterocycles. The Kier molecular flexibility index (Phi) is 8.38. The van der Waals surface area contributed by atoms with Gasteiger partial charge in [0.2, 0.25) is 0 Å². The van der Waals surface area contributed by atoms with Crippen LogP contribution in [-0.2, 0) is 19.8 Å². The maximum absolute atomic E-state index is 13.6. The Morgan fingerprint density at radius 3 is 2.43 bits per heavy atom. The molecule has 232 valence electrons. The Balaban J connectivity index is 1.22. The lowest BCUT2D eigenvalue weighted by molar-refractivity contribution is -0.141. The Labute approximate surface area is 251 Å². The number of terminal acetylenes is 1. The molecule has 15 heteroatoms. The van der Waals surface area contributed by atoms with E-state index in [0.29, 0.717) is 43.0 Å². The van der Waals surface area contributed by atoms with Crippen LogP contribution in [0, 0.1) is 19.3 Å². The van der Waals surface area contributed by atoms with Crippen LogP contribution in [0.5, 0.6) is 0 Å². The third-order valence-electron chi connectivity index (χ3n) is 7.82. The Hall–Kier alpha value is -4.84. The van der Waals surface area contributed by atoms with E-state index in [4.69, 9.17) is 12.2 Å². The average Bonchev–Trinajstić information content (AvgIpc) is 3.55. The number of urea groups is 1. The number of carbonyl (C=O) groups is 3. The number of aromatic nitrogens is 4. The molecule has 3 aromatic rings. The minimum absolute atomic E-state index is 0.0349. The first-order valence-electron chi connectivity index (χ1n) is 14.0. The van der Waals surface area contributed by atoms with E-state index in [1.165, 1.54) is 24.0 Å². The highest BCUT2D eigenvalue weighted by Crippen LogP contribution is 2.36. The van der Waals surface area contributed by atoms with Gasteiger partial charge in [-0.1, -0.05) is 5.92 Å². The molecule has 0 unspecified atom stereocenters. The van der Waals surface area contributed by atoms with Crippen LogP contribution >= 0.6 is 0 Å². The van der Waals surface area contributed by atoms with E-state index >= 15 is 0 Å². The summed E-state index contributed by atoms with van der Waals surface area (Å²) in [5.74, 6) is 1.28. The van der Waals surface area contributed by atoms with Crippen molar-refractivity contribution in [3.05, 3.63) is 53.2 Å². The minimum atomic E-state index is -4.74. The smallest absolute Gasteiger partial charge is 0.335 e. The standard InChI is InChI=1S/C29H32F3N9O3/c1-4-7-41-16-22(24(37-41)29(30,31)32)23-15-34-25(38(23)3)26(42)35-19-5-6-21(17(2)12-19)27(43)39-8-10-40(11-9-39)28(44)36-20-13-18(33)14-20/h1,5-6,12,15-16,18,20H,7-11,13-14,33H2,2-3H3,(H,35,42)(H,36,44). The molecule has 0 bridgehead atoms. The van der Waals surface area contributed by atoms with Gasteiger partial charge in [-0.05, 0) is 43.5 Å². The highest BCUT2D eigenvalue weighted by Gasteiger charge is 2.38. The highest BCUT2D eigenvalue weighted by atomic mass is 19.4. The van der Waals surface area contributed by atoms with Crippen LogP contribution < -0.4 is 16.4 Å². The van der Waals surface area contributed by atoms with E-state index in [1.807, 2.05) is 0 Å². The molecule has 4 N–H and O–H groups in total. The quantitative estimate of drug-likeness (QED) is 0.366. The van der Waals surface area contributed by atoms with Gasteiger partial charge in [0.25, 0.3) is 11.8 Å². The number of hydrogen-bond donors (Lipinski definition) is 3. The maximum Gasteiger partial charge on any atom is 0.435 e. The molecular formula is C29H32F3N9O3. The summed E-state index contributed by atoms with van der Waals surface area (Å²) >= 11 is 0. The number of carbonyl (C=O) groups excluding carboxylic acids is 3. The van der Waals surface area contributed by atoms with Crippen molar-refractivity contribution >= 4 is 23.5 Å². The lowest BCUT2D eigenvalue weighted by Gasteiger charge is -2.38. The monoisotopic (exact) mass is 611 g/mol. The predicted molar refractivity (Wildman–Crippen MR) is 154 cm³/mol. The van der Waals surface area contributed by atoms with Gasteiger partial charge in [0.1, 0.15) is 6.54 Å². The number of halogens is 3. The predicted octanol–water partition coefficient (Wildman–Crippen LogP) is 2.45. The summed E-state index contributed by atoms with van der Waals surface area (Å²) in [6.07, 6.45) is 4.35. The molecule has 1 aromatic carbocycles. The first-order chi connectivity index (χ1) is 20.8. The van der Waals surface area contributed by atoms with Gasteiger partial charge in [0.15, 0.2) is 11.5 Å². The molecule has 1 saturated heterocycles. The number of nitrogens with two attached hydrogens (primary N) is 1. The van der Waals surface area contributed by atoms with Crippen molar-refractivity contribution in [2.75, 3.05) is 31.5 Å². The van der Waals surface area contributed by atoms with Crippen molar-refractivity contribution in [3.63, 3.8) is 0 Å². The summed E-state index contributed by atoms with van der Waals surface area (Å²) in [5.41, 5.74) is 5.87. The lowest BCUT2D eigenvalue weighted by Crippen LogP contribution is -2.57. The van der Waals surface area contributed by atoms with E-state index in [0.717, 1.165) is 17.5 Å². The normalized spacial score (nSPS) is 18.4. The largest absolute Gasteiger partial charge is 0.435 e. The zero-order valence-corrected chi connectivity index (χ0v) is 24.2. The number of aryl methyl sites for hydroxylation is 1. The molecule has 0 radical (unpaired) electrons. The van der Waals surface area contributed by atoms with Crippen molar-refractivity contribution in [1.29, 1.82) is 0 Å². The molecule has 5 rings (SSSR count). The van der Waals surface area contributed by atoms with Crippen molar-refractivity contribution in [1.82, 2.24) is 34.4 Å². The van der Waals surface area contributed by atoms with Gasteiger partial charge in [-0.25, -0.2) is 9.78 Å². The lowest BCUT2D eigenvalue weighted by atomic mass is 9.88.